The number of carbonyl (C=O) groups excluding carboxylic acids is 2. The van der Waals surface area contributed by atoms with E-state index in [4.69, 9.17) is 9.47 Å². The van der Waals surface area contributed by atoms with E-state index in [-0.39, 0.29) is 11.9 Å². The molecule has 0 atom stereocenters. The van der Waals surface area contributed by atoms with Crippen LogP contribution in [0, 0.1) is 0 Å². The Hall–Kier alpha value is -3.23. The summed E-state index contributed by atoms with van der Waals surface area (Å²) in [5.74, 6) is -0.307. The molecule has 186 valence electrons. The number of nitrogens with one attached hydrogen (secondary N) is 1. The second-order valence-corrected chi connectivity index (χ2v) is 8.90. The first-order chi connectivity index (χ1) is 17.1. The minimum absolute atomic E-state index is 0.145. The number of anilines is 1. The number of amides is 1. The fourth-order valence-corrected chi connectivity index (χ4v) is 4.12. The molecule has 1 fully saturated rings. The highest BCUT2D eigenvalue weighted by Gasteiger charge is 2.20. The van der Waals surface area contributed by atoms with Gasteiger partial charge in [0.25, 0.3) is 5.91 Å². The predicted molar refractivity (Wildman–Crippen MR) is 136 cm³/mol. The van der Waals surface area contributed by atoms with Crippen LogP contribution >= 0.6 is 0 Å². The van der Waals surface area contributed by atoms with E-state index in [9.17, 15) is 9.59 Å². The molecule has 0 aliphatic carbocycles. The van der Waals surface area contributed by atoms with Gasteiger partial charge in [-0.1, -0.05) is 31.5 Å². The lowest BCUT2D eigenvalue weighted by Crippen LogP contribution is -2.35. The van der Waals surface area contributed by atoms with Crippen molar-refractivity contribution in [3.63, 3.8) is 0 Å². The van der Waals surface area contributed by atoms with Gasteiger partial charge < -0.3 is 14.8 Å². The second-order valence-electron chi connectivity index (χ2n) is 8.90. The number of ether oxygens (including phenoxy) is 2. The number of benzene rings is 2. The van der Waals surface area contributed by atoms with Gasteiger partial charge in [0, 0.05) is 24.3 Å². The van der Waals surface area contributed by atoms with Crippen LogP contribution in [0.3, 0.4) is 0 Å². The van der Waals surface area contributed by atoms with E-state index >= 15 is 0 Å². The third kappa shape index (κ3) is 7.37. The summed E-state index contributed by atoms with van der Waals surface area (Å²) in [6.45, 7) is 7.37. The summed E-state index contributed by atoms with van der Waals surface area (Å²) in [4.78, 5) is 26.9. The monoisotopic (exact) mass is 478 g/mol. The van der Waals surface area contributed by atoms with Gasteiger partial charge in [0.05, 0.1) is 45.7 Å². The van der Waals surface area contributed by atoms with Crippen molar-refractivity contribution in [3.8, 4) is 0 Å². The Balaban J connectivity index is 1.28. The normalized spacial score (nSPS) is 16.2. The van der Waals surface area contributed by atoms with E-state index in [0.29, 0.717) is 38.5 Å². The highest BCUT2D eigenvalue weighted by Crippen LogP contribution is 2.23. The van der Waals surface area contributed by atoms with E-state index in [1.165, 1.54) is 11.1 Å². The summed E-state index contributed by atoms with van der Waals surface area (Å²) < 4.78 is 10.6. The molecule has 1 N–H and O–H groups in total. The highest BCUT2D eigenvalue weighted by molar-refractivity contribution is 6.04. The number of carbonyl (C=O) groups is 2. The lowest BCUT2D eigenvalue weighted by Gasteiger charge is -2.28. The third-order valence-corrected chi connectivity index (χ3v) is 6.20. The molecule has 0 aromatic heterocycles. The number of hydrogen-bond donors (Lipinski definition) is 1. The highest BCUT2D eigenvalue weighted by atomic mass is 16.5. The molecule has 0 spiro atoms. The molecule has 4 rings (SSSR count). The van der Waals surface area contributed by atoms with Crippen LogP contribution in [0.4, 0.5) is 5.69 Å². The number of hydrogen-bond acceptors (Lipinski definition) is 7. The van der Waals surface area contributed by atoms with Crippen LogP contribution in [-0.4, -0.2) is 74.0 Å². The first-order valence-corrected chi connectivity index (χ1v) is 12.4. The maximum Gasteiger partial charge on any atom is 0.320 e. The minimum Gasteiger partial charge on any atom is -0.465 e. The number of unbranched alkanes of at least 4 members (excludes halogenated alkanes) is 1. The molecular formula is C27H34N4O4. The Morgan fingerprint density at radius 1 is 1.09 bits per heavy atom. The quantitative estimate of drug-likeness (QED) is 0.338. The zero-order valence-electron chi connectivity index (χ0n) is 20.4. The molecule has 2 aromatic carbocycles. The third-order valence-electron chi connectivity index (χ3n) is 6.20. The van der Waals surface area contributed by atoms with Gasteiger partial charge in [0.1, 0.15) is 0 Å². The molecule has 2 aliphatic heterocycles. The summed E-state index contributed by atoms with van der Waals surface area (Å²) in [6, 6.07) is 13.4. The van der Waals surface area contributed by atoms with E-state index in [2.05, 4.69) is 22.2 Å². The summed E-state index contributed by atoms with van der Waals surface area (Å²) in [6.07, 6.45) is 4.55. The molecule has 35 heavy (non-hydrogen) atoms. The summed E-state index contributed by atoms with van der Waals surface area (Å²) in [5, 5.41) is 9.46. The Kier molecular flexibility index (Phi) is 8.86. The maximum atomic E-state index is 12.8. The van der Waals surface area contributed by atoms with Crippen molar-refractivity contribution in [2.24, 2.45) is 5.10 Å². The number of fused-ring (bicyclic) bond motifs is 1. The van der Waals surface area contributed by atoms with Crippen molar-refractivity contribution in [2.45, 2.75) is 32.7 Å². The van der Waals surface area contributed by atoms with Crippen molar-refractivity contribution in [3.05, 3.63) is 64.7 Å². The van der Waals surface area contributed by atoms with Crippen LogP contribution in [0.25, 0.3) is 0 Å². The average Bonchev–Trinajstić information content (AvgIpc) is 2.88. The van der Waals surface area contributed by atoms with Crippen LogP contribution in [0.2, 0.25) is 0 Å². The fourth-order valence-electron chi connectivity index (χ4n) is 4.12. The van der Waals surface area contributed by atoms with E-state index in [1.54, 1.807) is 0 Å². The molecular weight excluding hydrogens is 444 g/mol. The first-order valence-electron chi connectivity index (χ1n) is 12.4. The minimum atomic E-state index is -0.163. The van der Waals surface area contributed by atoms with Gasteiger partial charge in [-0.3, -0.25) is 19.5 Å². The zero-order valence-corrected chi connectivity index (χ0v) is 20.4. The van der Waals surface area contributed by atoms with Gasteiger partial charge >= 0.3 is 5.97 Å². The summed E-state index contributed by atoms with van der Waals surface area (Å²) in [5.41, 5.74) is 4.70. The van der Waals surface area contributed by atoms with Crippen molar-refractivity contribution in [1.29, 1.82) is 0 Å². The second kappa shape index (κ2) is 12.5. The number of esters is 1. The van der Waals surface area contributed by atoms with Crippen molar-refractivity contribution >= 4 is 23.8 Å². The van der Waals surface area contributed by atoms with E-state index in [0.717, 1.165) is 50.1 Å². The lowest BCUT2D eigenvalue weighted by molar-refractivity contribution is -0.145. The largest absolute Gasteiger partial charge is 0.465 e. The zero-order chi connectivity index (χ0) is 24.5. The van der Waals surface area contributed by atoms with Gasteiger partial charge in [-0.15, -0.1) is 0 Å². The van der Waals surface area contributed by atoms with E-state index in [1.807, 2.05) is 53.7 Å². The van der Waals surface area contributed by atoms with Gasteiger partial charge in [0.2, 0.25) is 0 Å². The fraction of sp³-hybridized carbons (Fsp3) is 0.444. The molecule has 2 heterocycles. The van der Waals surface area contributed by atoms with Crippen LogP contribution in [0.1, 0.15) is 46.8 Å². The van der Waals surface area contributed by atoms with Gasteiger partial charge in [-0.05, 0) is 53.8 Å². The van der Waals surface area contributed by atoms with E-state index < -0.39 is 0 Å². The molecule has 2 aromatic rings. The molecule has 2 aliphatic rings. The van der Waals surface area contributed by atoms with Gasteiger partial charge in [-0.2, -0.15) is 5.10 Å². The summed E-state index contributed by atoms with van der Waals surface area (Å²) in [7, 11) is 0. The molecule has 8 nitrogen and oxygen atoms in total. The molecule has 8 heteroatoms. The Morgan fingerprint density at radius 2 is 1.89 bits per heavy atom. The molecule has 0 saturated carbocycles. The SMILES string of the molecule is CCCCOC(=O)CN1CCc2cc(NC(=O)c3ccc(/C=N/N4CCOCC4)cc3)ccc2C1. The molecule has 0 unspecified atom stereocenters. The number of hydrazone groups is 1. The van der Waals surface area contributed by atoms with Crippen LogP contribution < -0.4 is 5.32 Å². The molecule has 0 radical (unpaired) electrons. The van der Waals surface area contributed by atoms with Gasteiger partial charge in [-0.25, -0.2) is 0 Å². The lowest BCUT2D eigenvalue weighted by atomic mass is 9.99. The standard InChI is InChI=1S/C27H34N4O4/c1-2-3-14-35-26(32)20-30-11-10-23-17-25(9-8-24(23)19-30)29-27(33)22-6-4-21(5-7-22)18-28-31-12-15-34-16-13-31/h4-9,17-18H,2-3,10-16,19-20H2,1H3,(H,29,33)/b28-18+. The predicted octanol–water partition coefficient (Wildman–Crippen LogP) is 3.31. The average molecular weight is 479 g/mol. The van der Waals surface area contributed by atoms with Crippen molar-refractivity contribution in [2.75, 3.05) is 51.3 Å². The molecule has 1 amide bonds. The molecule has 1 saturated heterocycles. The van der Waals surface area contributed by atoms with Gasteiger partial charge in [0.15, 0.2) is 0 Å². The Morgan fingerprint density at radius 3 is 2.66 bits per heavy atom. The van der Waals surface area contributed by atoms with Crippen LogP contribution in [0.15, 0.2) is 47.6 Å². The topological polar surface area (TPSA) is 83.5 Å². The first kappa shape index (κ1) is 24.9. The number of rotatable bonds is 9. The Bertz CT molecular complexity index is 1030. The number of morpholine rings is 1. The summed E-state index contributed by atoms with van der Waals surface area (Å²) >= 11 is 0. The maximum absolute atomic E-state index is 12.8. The van der Waals surface area contributed by atoms with Crippen LogP contribution in [0.5, 0.6) is 0 Å². The number of nitrogens with zero attached hydrogens (tertiary/aromatic N) is 3. The van der Waals surface area contributed by atoms with Crippen molar-refractivity contribution < 1.29 is 19.1 Å². The Labute approximate surface area is 206 Å². The molecule has 0 bridgehead atoms. The van der Waals surface area contributed by atoms with Crippen LogP contribution in [-0.2, 0) is 27.2 Å². The smallest absolute Gasteiger partial charge is 0.320 e. The van der Waals surface area contributed by atoms with Crippen molar-refractivity contribution in [1.82, 2.24) is 9.91 Å².